The van der Waals surface area contributed by atoms with Gasteiger partial charge in [-0.3, -0.25) is 4.79 Å². The van der Waals surface area contributed by atoms with Gasteiger partial charge in [-0.25, -0.2) is 0 Å². The van der Waals surface area contributed by atoms with Crippen LogP contribution in [0.3, 0.4) is 0 Å². The number of hydrogen-bond acceptors (Lipinski definition) is 4. The zero-order valence-electron chi connectivity index (χ0n) is 7.18. The molecule has 0 aromatic heterocycles. The molecule has 0 saturated heterocycles. The Hall–Kier alpha value is -1.39. The SMILES string of the molecule is NCCO.O=Cc1ccccc1O. The van der Waals surface area contributed by atoms with Crippen molar-refractivity contribution < 1.29 is 15.0 Å². The molecule has 0 heterocycles. The molecule has 0 saturated carbocycles. The van der Waals surface area contributed by atoms with Gasteiger partial charge in [-0.15, -0.1) is 0 Å². The Morgan fingerprint density at radius 2 is 1.92 bits per heavy atom. The zero-order chi connectivity index (χ0) is 10.1. The van der Waals surface area contributed by atoms with E-state index in [1.165, 1.54) is 6.07 Å². The molecule has 0 bridgehead atoms. The summed E-state index contributed by atoms with van der Waals surface area (Å²) < 4.78 is 0. The van der Waals surface area contributed by atoms with Gasteiger partial charge in [0.1, 0.15) is 5.75 Å². The fourth-order valence-electron chi connectivity index (χ4n) is 0.587. The molecule has 0 fully saturated rings. The van der Waals surface area contributed by atoms with Crippen molar-refractivity contribution in [2.75, 3.05) is 13.2 Å². The maximum Gasteiger partial charge on any atom is 0.153 e. The van der Waals surface area contributed by atoms with Crippen LogP contribution in [0.4, 0.5) is 0 Å². The van der Waals surface area contributed by atoms with Crippen LogP contribution in [-0.2, 0) is 0 Å². The van der Waals surface area contributed by atoms with E-state index in [9.17, 15) is 4.79 Å². The minimum Gasteiger partial charge on any atom is -0.507 e. The Morgan fingerprint density at radius 3 is 2.23 bits per heavy atom. The Labute approximate surface area is 76.6 Å². The van der Waals surface area contributed by atoms with Gasteiger partial charge in [0.2, 0.25) is 0 Å². The molecule has 1 rings (SSSR count). The Balaban J connectivity index is 0.000000310. The Kier molecular flexibility index (Phi) is 6.49. The number of benzene rings is 1. The quantitative estimate of drug-likeness (QED) is 0.569. The van der Waals surface area contributed by atoms with Crippen LogP contribution in [0.25, 0.3) is 0 Å². The van der Waals surface area contributed by atoms with Gasteiger partial charge in [-0.1, -0.05) is 12.1 Å². The monoisotopic (exact) mass is 183 g/mol. The molecule has 13 heavy (non-hydrogen) atoms. The lowest BCUT2D eigenvalue weighted by molar-refractivity contribution is 0.112. The number of phenols is 1. The topological polar surface area (TPSA) is 83.5 Å². The molecule has 4 N–H and O–H groups in total. The first kappa shape index (κ1) is 11.6. The lowest BCUT2D eigenvalue weighted by Crippen LogP contribution is -2.02. The smallest absolute Gasteiger partial charge is 0.153 e. The highest BCUT2D eigenvalue weighted by atomic mass is 16.3. The zero-order valence-corrected chi connectivity index (χ0v) is 7.18. The van der Waals surface area contributed by atoms with Gasteiger partial charge in [0.25, 0.3) is 0 Å². The van der Waals surface area contributed by atoms with Gasteiger partial charge in [0.05, 0.1) is 12.2 Å². The highest BCUT2D eigenvalue weighted by molar-refractivity contribution is 5.78. The number of aromatic hydroxyl groups is 1. The van der Waals surface area contributed by atoms with E-state index in [1.54, 1.807) is 18.2 Å². The van der Waals surface area contributed by atoms with Crippen molar-refractivity contribution in [3.63, 3.8) is 0 Å². The first-order valence-electron chi connectivity index (χ1n) is 3.80. The first-order chi connectivity index (χ1) is 6.26. The van der Waals surface area contributed by atoms with Crippen LogP contribution in [0.15, 0.2) is 24.3 Å². The summed E-state index contributed by atoms with van der Waals surface area (Å²) in [7, 11) is 0. The number of rotatable bonds is 2. The van der Waals surface area contributed by atoms with Gasteiger partial charge >= 0.3 is 0 Å². The van der Waals surface area contributed by atoms with E-state index in [0.29, 0.717) is 18.4 Å². The Bertz CT molecular complexity index is 248. The molecule has 0 atom stereocenters. The van der Waals surface area contributed by atoms with Gasteiger partial charge in [0, 0.05) is 6.54 Å². The van der Waals surface area contributed by atoms with Crippen molar-refractivity contribution in [3.05, 3.63) is 29.8 Å². The lowest BCUT2D eigenvalue weighted by Gasteiger charge is -1.91. The molecule has 0 unspecified atom stereocenters. The molecule has 0 aliphatic carbocycles. The number of aldehydes is 1. The number of carbonyl (C=O) groups excluding carboxylic acids is 1. The van der Waals surface area contributed by atoms with E-state index in [2.05, 4.69) is 0 Å². The van der Waals surface area contributed by atoms with Crippen molar-refractivity contribution in [1.82, 2.24) is 0 Å². The summed E-state index contributed by atoms with van der Waals surface area (Å²) in [4.78, 5) is 10.1. The highest BCUT2D eigenvalue weighted by Gasteiger charge is 1.93. The van der Waals surface area contributed by atoms with Crippen LogP contribution in [0, 0.1) is 0 Å². The van der Waals surface area contributed by atoms with E-state index < -0.39 is 0 Å². The van der Waals surface area contributed by atoms with Crippen molar-refractivity contribution in [2.24, 2.45) is 5.73 Å². The van der Waals surface area contributed by atoms with Gasteiger partial charge in [0.15, 0.2) is 6.29 Å². The minimum atomic E-state index is 0.0347. The van der Waals surface area contributed by atoms with E-state index >= 15 is 0 Å². The third kappa shape index (κ3) is 4.95. The lowest BCUT2D eigenvalue weighted by atomic mass is 10.2. The molecule has 0 radical (unpaired) electrons. The number of aliphatic hydroxyl groups excluding tert-OH is 1. The summed E-state index contributed by atoms with van der Waals surface area (Å²) in [6.07, 6.45) is 0.620. The molecule has 72 valence electrons. The molecule has 4 nitrogen and oxygen atoms in total. The summed E-state index contributed by atoms with van der Waals surface area (Å²) in [5.74, 6) is 0.0347. The van der Waals surface area contributed by atoms with Crippen molar-refractivity contribution in [2.45, 2.75) is 0 Å². The molecule has 0 spiro atoms. The van der Waals surface area contributed by atoms with Crippen LogP contribution in [0.5, 0.6) is 5.75 Å². The second-order valence-electron chi connectivity index (χ2n) is 2.19. The second-order valence-corrected chi connectivity index (χ2v) is 2.19. The van der Waals surface area contributed by atoms with Gasteiger partial charge < -0.3 is 15.9 Å². The van der Waals surface area contributed by atoms with Crippen molar-refractivity contribution in [1.29, 1.82) is 0 Å². The van der Waals surface area contributed by atoms with Gasteiger partial charge in [-0.05, 0) is 12.1 Å². The number of aliphatic hydroxyl groups is 1. The third-order valence-corrected chi connectivity index (χ3v) is 1.19. The summed E-state index contributed by atoms with van der Waals surface area (Å²) in [5.41, 5.74) is 5.11. The minimum absolute atomic E-state index is 0.0347. The predicted molar refractivity (Wildman–Crippen MR) is 49.6 cm³/mol. The van der Waals surface area contributed by atoms with Crippen LogP contribution >= 0.6 is 0 Å². The standard InChI is InChI=1S/C7H6O2.C2H7NO/c8-5-6-3-1-2-4-7(6)9;3-1-2-4/h1-5,9H;4H,1-3H2. The molecule has 0 amide bonds. The molecule has 0 aliphatic heterocycles. The van der Waals surface area contributed by atoms with Gasteiger partial charge in [-0.2, -0.15) is 0 Å². The average Bonchev–Trinajstić information content (AvgIpc) is 2.19. The summed E-state index contributed by atoms with van der Waals surface area (Å²) >= 11 is 0. The fourth-order valence-corrected chi connectivity index (χ4v) is 0.587. The van der Waals surface area contributed by atoms with Crippen molar-refractivity contribution in [3.8, 4) is 5.75 Å². The fraction of sp³-hybridized carbons (Fsp3) is 0.222. The van der Waals surface area contributed by atoms with E-state index in [0.717, 1.165) is 0 Å². The molecule has 4 heteroatoms. The number of phenolic OH excluding ortho intramolecular Hbond substituents is 1. The van der Waals surface area contributed by atoms with Crippen LogP contribution in [0.2, 0.25) is 0 Å². The largest absolute Gasteiger partial charge is 0.507 e. The average molecular weight is 183 g/mol. The van der Waals surface area contributed by atoms with E-state index in [-0.39, 0.29) is 12.4 Å². The summed E-state index contributed by atoms with van der Waals surface area (Å²) in [6, 6.07) is 6.40. The van der Waals surface area contributed by atoms with Crippen LogP contribution in [-0.4, -0.2) is 29.7 Å². The normalized spacial score (nSPS) is 8.46. The number of carbonyl (C=O) groups is 1. The molecular weight excluding hydrogens is 170 g/mol. The predicted octanol–water partition coefficient (Wildman–Crippen LogP) is 0.142. The number of hydrogen-bond donors (Lipinski definition) is 3. The Morgan fingerprint density at radius 1 is 1.38 bits per heavy atom. The maximum absolute atomic E-state index is 10.1. The molecular formula is C9H13NO3. The van der Waals surface area contributed by atoms with E-state index in [4.69, 9.17) is 15.9 Å². The summed E-state index contributed by atoms with van der Waals surface area (Å²) in [5, 5.41) is 16.6. The third-order valence-electron chi connectivity index (χ3n) is 1.19. The van der Waals surface area contributed by atoms with Crippen LogP contribution in [0.1, 0.15) is 10.4 Å². The number of nitrogens with two attached hydrogens (primary N) is 1. The molecule has 1 aromatic carbocycles. The summed E-state index contributed by atoms with van der Waals surface area (Å²) in [6.45, 7) is 0.472. The molecule has 1 aromatic rings. The first-order valence-corrected chi connectivity index (χ1v) is 3.80. The van der Waals surface area contributed by atoms with Crippen LogP contribution < -0.4 is 5.73 Å². The van der Waals surface area contributed by atoms with E-state index in [1.807, 2.05) is 0 Å². The number of para-hydroxylation sites is 1. The maximum atomic E-state index is 10.1. The highest BCUT2D eigenvalue weighted by Crippen LogP contribution is 2.11. The van der Waals surface area contributed by atoms with Crippen molar-refractivity contribution >= 4 is 6.29 Å². The molecule has 0 aliphatic rings. The second kappa shape index (κ2) is 7.27.